The summed E-state index contributed by atoms with van der Waals surface area (Å²) in [4.78, 5) is 11.5. The van der Waals surface area contributed by atoms with Crippen LogP contribution in [0.2, 0.25) is 5.02 Å². The Balaban J connectivity index is 1.97. The van der Waals surface area contributed by atoms with E-state index in [2.05, 4.69) is 0 Å². The zero-order chi connectivity index (χ0) is 15.2. The fourth-order valence-corrected chi connectivity index (χ4v) is 1.90. The van der Waals surface area contributed by atoms with E-state index >= 15 is 0 Å². The van der Waals surface area contributed by atoms with Crippen molar-refractivity contribution in [3.05, 3.63) is 64.4 Å². The lowest BCUT2D eigenvalue weighted by atomic mass is 10.2. The van der Waals surface area contributed by atoms with Crippen LogP contribution in [-0.2, 0) is 11.3 Å². The highest BCUT2D eigenvalue weighted by Gasteiger charge is 2.06. The molecule has 0 saturated carbocycles. The van der Waals surface area contributed by atoms with Crippen LogP contribution >= 0.6 is 11.6 Å². The highest BCUT2D eigenvalue weighted by molar-refractivity contribution is 6.30. The summed E-state index contributed by atoms with van der Waals surface area (Å²) >= 11 is 5.70. The number of rotatable bonds is 5. The predicted octanol–water partition coefficient (Wildman–Crippen LogP) is 4.23. The molecule has 0 amide bonds. The van der Waals surface area contributed by atoms with Crippen molar-refractivity contribution < 1.29 is 18.7 Å². The molecule has 0 aliphatic heterocycles. The molecule has 0 atom stereocenters. The second kappa shape index (κ2) is 7.09. The van der Waals surface area contributed by atoms with E-state index in [9.17, 15) is 9.18 Å². The van der Waals surface area contributed by atoms with Crippen molar-refractivity contribution in [3.63, 3.8) is 0 Å². The lowest BCUT2D eigenvalue weighted by molar-refractivity contribution is 0.0526. The van der Waals surface area contributed by atoms with Gasteiger partial charge in [-0.3, -0.25) is 0 Å². The van der Waals surface area contributed by atoms with Crippen molar-refractivity contribution in [2.24, 2.45) is 0 Å². The minimum atomic E-state index is -0.459. The van der Waals surface area contributed by atoms with E-state index in [0.29, 0.717) is 17.9 Å². The van der Waals surface area contributed by atoms with Gasteiger partial charge in [0.15, 0.2) is 0 Å². The number of carbonyl (C=O) groups excluding carboxylic acids is 1. The van der Waals surface area contributed by atoms with Crippen molar-refractivity contribution in [1.29, 1.82) is 0 Å². The molecule has 0 N–H and O–H groups in total. The second-order valence-corrected chi connectivity index (χ2v) is 4.69. The van der Waals surface area contributed by atoms with Gasteiger partial charge in [-0.2, -0.15) is 0 Å². The van der Waals surface area contributed by atoms with Crippen molar-refractivity contribution in [2.45, 2.75) is 13.5 Å². The molecule has 2 rings (SSSR count). The third kappa shape index (κ3) is 4.20. The maximum absolute atomic E-state index is 13.0. The van der Waals surface area contributed by atoms with E-state index in [1.165, 1.54) is 12.1 Å². The van der Waals surface area contributed by atoms with Crippen LogP contribution in [0.15, 0.2) is 42.5 Å². The summed E-state index contributed by atoms with van der Waals surface area (Å²) < 4.78 is 23.5. The SMILES string of the molecule is CCOC(=O)c1ccc(OCc2ccc(F)c(Cl)c2)cc1. The molecule has 21 heavy (non-hydrogen) atoms. The maximum atomic E-state index is 13.0. The molecule has 2 aromatic carbocycles. The third-order valence-corrected chi connectivity index (χ3v) is 3.04. The van der Waals surface area contributed by atoms with E-state index in [4.69, 9.17) is 21.1 Å². The summed E-state index contributed by atoms with van der Waals surface area (Å²) in [5.41, 5.74) is 1.23. The molecule has 0 aliphatic carbocycles. The Hall–Kier alpha value is -2.07. The first-order chi connectivity index (χ1) is 10.1. The zero-order valence-corrected chi connectivity index (χ0v) is 12.2. The highest BCUT2D eigenvalue weighted by atomic mass is 35.5. The van der Waals surface area contributed by atoms with Crippen molar-refractivity contribution in [2.75, 3.05) is 6.61 Å². The molecule has 0 spiro atoms. The number of hydrogen-bond donors (Lipinski definition) is 0. The number of ether oxygens (including phenoxy) is 2. The molecule has 0 fully saturated rings. The van der Waals surface area contributed by atoms with Crippen LogP contribution in [0, 0.1) is 5.82 Å². The van der Waals surface area contributed by atoms with Gasteiger partial charge in [-0.25, -0.2) is 9.18 Å². The summed E-state index contributed by atoms with van der Waals surface area (Å²) in [5.74, 6) is -0.225. The lowest BCUT2D eigenvalue weighted by Gasteiger charge is -2.08. The topological polar surface area (TPSA) is 35.5 Å². The molecule has 3 nitrogen and oxygen atoms in total. The van der Waals surface area contributed by atoms with Crippen LogP contribution in [0.4, 0.5) is 4.39 Å². The van der Waals surface area contributed by atoms with Gasteiger partial charge in [0.05, 0.1) is 17.2 Å². The Morgan fingerprint density at radius 3 is 2.52 bits per heavy atom. The molecule has 0 radical (unpaired) electrons. The summed E-state index contributed by atoms with van der Waals surface area (Å²) in [6.07, 6.45) is 0. The first-order valence-corrected chi connectivity index (χ1v) is 6.82. The predicted molar refractivity (Wildman–Crippen MR) is 78.1 cm³/mol. The van der Waals surface area contributed by atoms with Crippen LogP contribution in [0.1, 0.15) is 22.8 Å². The van der Waals surface area contributed by atoms with E-state index < -0.39 is 5.82 Å². The molecule has 0 unspecified atom stereocenters. The van der Waals surface area contributed by atoms with Gasteiger partial charge in [0.1, 0.15) is 18.2 Å². The Morgan fingerprint density at radius 1 is 1.19 bits per heavy atom. The molecule has 0 bridgehead atoms. The summed E-state index contributed by atoms with van der Waals surface area (Å²) in [7, 11) is 0. The molecular weight excluding hydrogens is 295 g/mol. The molecule has 0 aromatic heterocycles. The van der Waals surface area contributed by atoms with Crippen LogP contribution in [0.3, 0.4) is 0 Å². The summed E-state index contributed by atoms with van der Waals surface area (Å²) in [6.45, 7) is 2.35. The number of esters is 1. The minimum absolute atomic E-state index is 0.0637. The van der Waals surface area contributed by atoms with E-state index in [1.54, 1.807) is 37.3 Å². The number of carbonyl (C=O) groups is 1. The van der Waals surface area contributed by atoms with Crippen LogP contribution in [-0.4, -0.2) is 12.6 Å². The molecule has 0 aliphatic rings. The van der Waals surface area contributed by atoms with Gasteiger partial charge in [-0.05, 0) is 48.9 Å². The molecule has 0 heterocycles. The number of halogens is 2. The summed E-state index contributed by atoms with van der Waals surface area (Å²) in [6, 6.07) is 11.0. The quantitative estimate of drug-likeness (QED) is 0.775. The van der Waals surface area contributed by atoms with E-state index in [0.717, 1.165) is 5.56 Å². The molecule has 0 saturated heterocycles. The van der Waals surface area contributed by atoms with Gasteiger partial charge in [-0.1, -0.05) is 17.7 Å². The monoisotopic (exact) mass is 308 g/mol. The van der Waals surface area contributed by atoms with Gasteiger partial charge in [0.2, 0.25) is 0 Å². The fraction of sp³-hybridized carbons (Fsp3) is 0.188. The van der Waals surface area contributed by atoms with Crippen LogP contribution < -0.4 is 4.74 Å². The van der Waals surface area contributed by atoms with Gasteiger partial charge < -0.3 is 9.47 Å². The molecule has 110 valence electrons. The standard InChI is InChI=1S/C16H14ClFO3/c1-2-20-16(19)12-4-6-13(7-5-12)21-10-11-3-8-15(18)14(17)9-11/h3-9H,2,10H2,1H3. The Labute approximate surface area is 127 Å². The summed E-state index contributed by atoms with van der Waals surface area (Å²) in [5, 5.41) is 0.0637. The van der Waals surface area contributed by atoms with Gasteiger partial charge in [0.25, 0.3) is 0 Å². The second-order valence-electron chi connectivity index (χ2n) is 4.28. The lowest BCUT2D eigenvalue weighted by Crippen LogP contribution is -2.04. The first kappa shape index (κ1) is 15.3. The van der Waals surface area contributed by atoms with E-state index in [1.807, 2.05) is 0 Å². The molecule has 2 aromatic rings. The maximum Gasteiger partial charge on any atom is 0.338 e. The van der Waals surface area contributed by atoms with Crippen molar-refractivity contribution in [3.8, 4) is 5.75 Å². The van der Waals surface area contributed by atoms with Crippen molar-refractivity contribution in [1.82, 2.24) is 0 Å². The van der Waals surface area contributed by atoms with Gasteiger partial charge in [0, 0.05) is 0 Å². The number of hydrogen-bond acceptors (Lipinski definition) is 3. The number of benzene rings is 2. The fourth-order valence-electron chi connectivity index (χ4n) is 1.70. The Bertz CT molecular complexity index is 626. The van der Waals surface area contributed by atoms with E-state index in [-0.39, 0.29) is 17.6 Å². The van der Waals surface area contributed by atoms with Crippen molar-refractivity contribution >= 4 is 17.6 Å². The Kier molecular flexibility index (Phi) is 5.17. The smallest absolute Gasteiger partial charge is 0.338 e. The Morgan fingerprint density at radius 2 is 1.90 bits per heavy atom. The first-order valence-electron chi connectivity index (χ1n) is 6.44. The largest absolute Gasteiger partial charge is 0.489 e. The highest BCUT2D eigenvalue weighted by Crippen LogP contribution is 2.19. The molecular formula is C16H14ClFO3. The molecule has 5 heteroatoms. The van der Waals surface area contributed by atoms with Crippen LogP contribution in [0.25, 0.3) is 0 Å². The van der Waals surface area contributed by atoms with Gasteiger partial charge >= 0.3 is 5.97 Å². The van der Waals surface area contributed by atoms with Crippen LogP contribution in [0.5, 0.6) is 5.75 Å². The third-order valence-electron chi connectivity index (χ3n) is 2.75. The minimum Gasteiger partial charge on any atom is -0.489 e. The average molecular weight is 309 g/mol. The average Bonchev–Trinajstić information content (AvgIpc) is 2.49. The normalized spacial score (nSPS) is 10.2. The van der Waals surface area contributed by atoms with Gasteiger partial charge in [-0.15, -0.1) is 0 Å². The zero-order valence-electron chi connectivity index (χ0n) is 11.4.